The predicted molar refractivity (Wildman–Crippen MR) is 120 cm³/mol. The second-order valence-corrected chi connectivity index (χ2v) is 9.11. The third-order valence-electron chi connectivity index (χ3n) is 6.36. The Morgan fingerprint density at radius 2 is 1.80 bits per heavy atom. The number of aliphatic hydroxyl groups is 1. The minimum absolute atomic E-state index is 0.103. The highest BCUT2D eigenvalue weighted by atomic mass is 35.5. The SMILES string of the molecule is Cc1cc(C)c(C2=C(O)C3(CCC(OCc4cccc(Cl)c4)CC3)NC2=O)c(C)c1. The van der Waals surface area contributed by atoms with Gasteiger partial charge in [0.1, 0.15) is 5.76 Å². The molecule has 30 heavy (non-hydrogen) atoms. The Hall–Kier alpha value is -2.30. The first-order chi connectivity index (χ1) is 14.3. The van der Waals surface area contributed by atoms with Gasteiger partial charge in [-0.2, -0.15) is 0 Å². The summed E-state index contributed by atoms with van der Waals surface area (Å²) in [6, 6.07) is 11.8. The Morgan fingerprint density at radius 3 is 2.43 bits per heavy atom. The van der Waals surface area contributed by atoms with Crippen molar-refractivity contribution in [3.05, 3.63) is 75.0 Å². The average molecular weight is 426 g/mol. The molecule has 0 aromatic heterocycles. The number of hydrogen-bond acceptors (Lipinski definition) is 3. The van der Waals surface area contributed by atoms with E-state index in [0.29, 0.717) is 30.0 Å². The summed E-state index contributed by atoms with van der Waals surface area (Å²) in [5, 5.41) is 15.0. The Kier molecular flexibility index (Phi) is 5.65. The van der Waals surface area contributed by atoms with Gasteiger partial charge in [-0.25, -0.2) is 0 Å². The van der Waals surface area contributed by atoms with Crippen LogP contribution in [0.2, 0.25) is 5.02 Å². The van der Waals surface area contributed by atoms with E-state index in [0.717, 1.165) is 40.7 Å². The lowest BCUT2D eigenvalue weighted by Crippen LogP contribution is -2.48. The van der Waals surface area contributed by atoms with E-state index in [4.69, 9.17) is 16.3 Å². The van der Waals surface area contributed by atoms with Crippen molar-refractivity contribution in [2.75, 3.05) is 0 Å². The third kappa shape index (κ3) is 3.86. The number of ether oxygens (including phenoxy) is 1. The lowest BCUT2D eigenvalue weighted by Gasteiger charge is -2.37. The van der Waals surface area contributed by atoms with Crippen molar-refractivity contribution >= 4 is 23.1 Å². The first-order valence-electron chi connectivity index (χ1n) is 10.5. The molecule has 2 aromatic carbocycles. The molecule has 1 heterocycles. The van der Waals surface area contributed by atoms with E-state index in [9.17, 15) is 9.90 Å². The van der Waals surface area contributed by atoms with Crippen LogP contribution in [0.1, 0.15) is 53.5 Å². The fourth-order valence-corrected chi connectivity index (χ4v) is 5.16. The zero-order valence-corrected chi connectivity index (χ0v) is 18.5. The van der Waals surface area contributed by atoms with Crippen LogP contribution in [-0.2, 0) is 16.1 Å². The molecular weight excluding hydrogens is 398 g/mol. The van der Waals surface area contributed by atoms with Gasteiger partial charge < -0.3 is 15.2 Å². The number of amides is 1. The smallest absolute Gasteiger partial charge is 0.256 e. The summed E-state index contributed by atoms with van der Waals surface area (Å²) in [6.45, 7) is 6.54. The van der Waals surface area contributed by atoms with Gasteiger partial charge in [0.25, 0.3) is 5.91 Å². The standard InChI is InChI=1S/C25H28ClNO3/c1-15-11-16(2)21(17(3)12-15)22-23(28)25(27-24(22)29)9-7-20(8-10-25)30-14-18-5-4-6-19(26)13-18/h4-6,11-13,20,28H,7-10,14H2,1-3H3,(H,27,29). The molecule has 0 unspecified atom stereocenters. The molecule has 1 fully saturated rings. The summed E-state index contributed by atoms with van der Waals surface area (Å²) < 4.78 is 6.08. The number of aryl methyl sites for hydroxylation is 3. The highest BCUT2D eigenvalue weighted by Gasteiger charge is 2.48. The molecule has 4 nitrogen and oxygen atoms in total. The fourth-order valence-electron chi connectivity index (χ4n) is 4.95. The minimum Gasteiger partial charge on any atom is -0.509 e. The molecule has 0 atom stereocenters. The molecule has 0 bridgehead atoms. The van der Waals surface area contributed by atoms with E-state index in [1.165, 1.54) is 0 Å². The topological polar surface area (TPSA) is 58.6 Å². The number of benzene rings is 2. The third-order valence-corrected chi connectivity index (χ3v) is 6.59. The van der Waals surface area contributed by atoms with Gasteiger partial charge in [0.05, 0.1) is 23.8 Å². The fraction of sp³-hybridized carbons (Fsp3) is 0.400. The minimum atomic E-state index is -0.675. The van der Waals surface area contributed by atoms with Crippen LogP contribution in [0, 0.1) is 20.8 Å². The van der Waals surface area contributed by atoms with Crippen molar-refractivity contribution in [3.63, 3.8) is 0 Å². The molecule has 1 amide bonds. The van der Waals surface area contributed by atoms with E-state index in [2.05, 4.69) is 17.4 Å². The Balaban J connectivity index is 1.49. The monoisotopic (exact) mass is 425 g/mol. The quantitative estimate of drug-likeness (QED) is 0.673. The molecule has 5 heteroatoms. The largest absolute Gasteiger partial charge is 0.509 e. The highest BCUT2D eigenvalue weighted by Crippen LogP contribution is 2.43. The van der Waals surface area contributed by atoms with E-state index in [1.54, 1.807) is 0 Å². The van der Waals surface area contributed by atoms with Gasteiger partial charge in [0.15, 0.2) is 0 Å². The van der Waals surface area contributed by atoms with Crippen molar-refractivity contribution in [2.45, 2.75) is 64.7 Å². The summed E-state index contributed by atoms with van der Waals surface area (Å²) in [6.07, 6.45) is 3.00. The maximum atomic E-state index is 12.9. The van der Waals surface area contributed by atoms with Gasteiger partial charge in [-0.1, -0.05) is 41.4 Å². The molecule has 1 saturated carbocycles. The van der Waals surface area contributed by atoms with Crippen LogP contribution in [0.3, 0.4) is 0 Å². The Bertz CT molecular complexity index is 996. The van der Waals surface area contributed by atoms with Gasteiger partial charge in [-0.3, -0.25) is 4.79 Å². The van der Waals surface area contributed by atoms with Crippen LogP contribution in [0.15, 0.2) is 42.2 Å². The number of hydrogen-bond donors (Lipinski definition) is 2. The lowest BCUT2D eigenvalue weighted by molar-refractivity contribution is -0.116. The predicted octanol–water partition coefficient (Wildman–Crippen LogP) is 5.56. The zero-order chi connectivity index (χ0) is 21.5. The van der Waals surface area contributed by atoms with E-state index in [-0.39, 0.29) is 17.8 Å². The first-order valence-corrected chi connectivity index (χ1v) is 10.9. The van der Waals surface area contributed by atoms with E-state index < -0.39 is 5.54 Å². The number of halogens is 1. The second-order valence-electron chi connectivity index (χ2n) is 8.67. The van der Waals surface area contributed by atoms with Gasteiger partial charge in [0, 0.05) is 5.02 Å². The zero-order valence-electron chi connectivity index (χ0n) is 17.7. The second kappa shape index (κ2) is 8.09. The molecule has 2 aliphatic rings. The average Bonchev–Trinajstić information content (AvgIpc) is 2.91. The first kappa shape index (κ1) is 21.0. The summed E-state index contributed by atoms with van der Waals surface area (Å²) in [5.74, 6) is 0.0108. The summed E-state index contributed by atoms with van der Waals surface area (Å²) in [5.41, 5.74) is 4.84. The Labute approximate surface area is 182 Å². The summed E-state index contributed by atoms with van der Waals surface area (Å²) in [7, 11) is 0. The summed E-state index contributed by atoms with van der Waals surface area (Å²) >= 11 is 6.04. The van der Waals surface area contributed by atoms with Crippen molar-refractivity contribution in [1.82, 2.24) is 5.32 Å². The number of rotatable bonds is 4. The van der Waals surface area contributed by atoms with Crippen molar-refractivity contribution in [3.8, 4) is 0 Å². The molecule has 1 spiro atoms. The van der Waals surface area contributed by atoms with Crippen LogP contribution in [0.4, 0.5) is 0 Å². The van der Waals surface area contributed by atoms with Crippen LogP contribution in [0.5, 0.6) is 0 Å². The van der Waals surface area contributed by atoms with Crippen LogP contribution < -0.4 is 5.32 Å². The molecule has 2 N–H and O–H groups in total. The van der Waals surface area contributed by atoms with Crippen molar-refractivity contribution < 1.29 is 14.6 Å². The summed E-state index contributed by atoms with van der Waals surface area (Å²) in [4.78, 5) is 12.9. The van der Waals surface area contributed by atoms with Crippen LogP contribution >= 0.6 is 11.6 Å². The van der Waals surface area contributed by atoms with Crippen molar-refractivity contribution in [2.24, 2.45) is 0 Å². The van der Waals surface area contributed by atoms with Crippen LogP contribution in [-0.4, -0.2) is 22.7 Å². The molecule has 0 radical (unpaired) electrons. The van der Waals surface area contributed by atoms with Gasteiger partial charge in [0.2, 0.25) is 0 Å². The normalized spacial score (nSPS) is 23.9. The van der Waals surface area contributed by atoms with Gasteiger partial charge >= 0.3 is 0 Å². The van der Waals surface area contributed by atoms with Gasteiger partial charge in [-0.05, 0) is 80.8 Å². The van der Waals surface area contributed by atoms with Gasteiger partial charge in [-0.15, -0.1) is 0 Å². The number of carbonyl (C=O) groups excluding carboxylic acids is 1. The van der Waals surface area contributed by atoms with E-state index in [1.807, 2.05) is 45.0 Å². The molecule has 1 aliphatic carbocycles. The van der Waals surface area contributed by atoms with Crippen molar-refractivity contribution in [1.29, 1.82) is 0 Å². The number of carbonyl (C=O) groups is 1. The molecule has 0 saturated heterocycles. The maximum absolute atomic E-state index is 12.9. The van der Waals surface area contributed by atoms with E-state index >= 15 is 0 Å². The molecule has 1 aliphatic heterocycles. The number of nitrogens with one attached hydrogen (secondary N) is 1. The molecule has 158 valence electrons. The van der Waals surface area contributed by atoms with Crippen LogP contribution in [0.25, 0.3) is 5.57 Å². The maximum Gasteiger partial charge on any atom is 0.256 e. The molecular formula is C25H28ClNO3. The highest BCUT2D eigenvalue weighted by molar-refractivity contribution is 6.30. The molecule has 2 aromatic rings. The lowest BCUT2D eigenvalue weighted by atomic mass is 9.79. The molecule has 4 rings (SSSR count). The Morgan fingerprint density at radius 1 is 1.13 bits per heavy atom. The number of aliphatic hydroxyl groups excluding tert-OH is 1.